The van der Waals surface area contributed by atoms with E-state index in [1.807, 2.05) is 48.5 Å². The molecule has 3 heterocycles. The molecular formula is C49H29N3O2. The number of hydrogen-bond donors (Lipinski definition) is 0. The Morgan fingerprint density at radius 3 is 1.74 bits per heavy atom. The molecule has 0 saturated heterocycles. The van der Waals surface area contributed by atoms with Crippen LogP contribution in [0.3, 0.4) is 0 Å². The Morgan fingerprint density at radius 1 is 0.296 bits per heavy atom. The third kappa shape index (κ3) is 4.90. The van der Waals surface area contributed by atoms with Gasteiger partial charge in [-0.15, -0.1) is 0 Å². The van der Waals surface area contributed by atoms with Gasteiger partial charge in [0.25, 0.3) is 0 Å². The van der Waals surface area contributed by atoms with Gasteiger partial charge >= 0.3 is 0 Å². The first kappa shape index (κ1) is 30.3. The van der Waals surface area contributed by atoms with Gasteiger partial charge in [0, 0.05) is 43.8 Å². The summed E-state index contributed by atoms with van der Waals surface area (Å²) in [7, 11) is 0. The number of fused-ring (bicyclic) bond motifs is 8. The lowest BCUT2D eigenvalue weighted by atomic mass is 9.96. The molecule has 0 aliphatic carbocycles. The normalized spacial score (nSPS) is 11.7. The van der Waals surface area contributed by atoms with Crippen molar-refractivity contribution in [2.24, 2.45) is 0 Å². The number of furan rings is 2. The van der Waals surface area contributed by atoms with Gasteiger partial charge in [0.2, 0.25) is 0 Å². The first-order valence-electron chi connectivity index (χ1n) is 18.0. The van der Waals surface area contributed by atoms with Crippen LogP contribution in [0, 0.1) is 0 Å². The lowest BCUT2D eigenvalue weighted by Gasteiger charge is -2.11. The molecule has 0 spiro atoms. The van der Waals surface area contributed by atoms with Gasteiger partial charge in [-0.1, -0.05) is 146 Å². The highest BCUT2D eigenvalue weighted by Crippen LogP contribution is 2.42. The van der Waals surface area contributed by atoms with E-state index in [-0.39, 0.29) is 0 Å². The van der Waals surface area contributed by atoms with E-state index in [0.29, 0.717) is 17.5 Å². The smallest absolute Gasteiger partial charge is 0.164 e. The second-order valence-corrected chi connectivity index (χ2v) is 13.6. The van der Waals surface area contributed by atoms with Crippen molar-refractivity contribution in [2.45, 2.75) is 0 Å². The monoisotopic (exact) mass is 691 g/mol. The molecule has 0 amide bonds. The molecule has 0 N–H and O–H groups in total. The highest BCUT2D eigenvalue weighted by Gasteiger charge is 2.20. The molecule has 8 aromatic carbocycles. The van der Waals surface area contributed by atoms with Crippen LogP contribution >= 0.6 is 0 Å². The minimum atomic E-state index is 0.583. The van der Waals surface area contributed by atoms with Crippen LogP contribution in [0.1, 0.15) is 0 Å². The van der Waals surface area contributed by atoms with Gasteiger partial charge in [0.05, 0.1) is 0 Å². The maximum absolute atomic E-state index is 6.65. The lowest BCUT2D eigenvalue weighted by molar-refractivity contribution is 0.668. The van der Waals surface area contributed by atoms with Crippen molar-refractivity contribution < 1.29 is 8.83 Å². The third-order valence-corrected chi connectivity index (χ3v) is 10.3. The summed E-state index contributed by atoms with van der Waals surface area (Å²) in [4.78, 5) is 15.3. The van der Waals surface area contributed by atoms with Gasteiger partial charge in [-0.25, -0.2) is 15.0 Å². The number of aromatic nitrogens is 3. The van der Waals surface area contributed by atoms with Gasteiger partial charge in [-0.05, 0) is 57.8 Å². The van der Waals surface area contributed by atoms with E-state index in [1.165, 1.54) is 0 Å². The quantitative estimate of drug-likeness (QED) is 0.180. The molecule has 5 heteroatoms. The molecule has 5 nitrogen and oxygen atoms in total. The minimum Gasteiger partial charge on any atom is -0.456 e. The zero-order valence-electron chi connectivity index (χ0n) is 28.9. The molecule has 3 aromatic heterocycles. The van der Waals surface area contributed by atoms with Crippen LogP contribution in [-0.4, -0.2) is 15.0 Å². The molecule has 0 saturated carbocycles. The van der Waals surface area contributed by atoms with Crippen LogP contribution in [0.15, 0.2) is 185 Å². The fourth-order valence-corrected chi connectivity index (χ4v) is 7.78. The van der Waals surface area contributed by atoms with Crippen molar-refractivity contribution in [1.82, 2.24) is 15.0 Å². The van der Waals surface area contributed by atoms with Crippen LogP contribution in [0.5, 0.6) is 0 Å². The standard InChI is InChI=1S/C49H29N3O2/c1-3-13-30(14-4-1)32-17-11-18-34(27-32)48-50-47(31-15-5-2-6-16-31)51-49(52-48)40-29-44-45(38-21-8-7-19-36(38)40)41-28-33(25-26-43(41)53-44)35-22-12-23-39-37-20-9-10-24-42(37)54-46(35)39/h1-29H. The van der Waals surface area contributed by atoms with E-state index in [2.05, 4.69) is 127 Å². The summed E-state index contributed by atoms with van der Waals surface area (Å²) in [6.45, 7) is 0. The highest BCUT2D eigenvalue weighted by molar-refractivity contribution is 6.22. The van der Waals surface area contributed by atoms with E-state index in [4.69, 9.17) is 23.8 Å². The van der Waals surface area contributed by atoms with E-state index < -0.39 is 0 Å². The van der Waals surface area contributed by atoms with Crippen LogP contribution in [-0.2, 0) is 0 Å². The van der Waals surface area contributed by atoms with Crippen LogP contribution in [0.4, 0.5) is 0 Å². The van der Waals surface area contributed by atoms with Crippen molar-refractivity contribution in [1.29, 1.82) is 0 Å². The van der Waals surface area contributed by atoms with Crippen LogP contribution < -0.4 is 0 Å². The van der Waals surface area contributed by atoms with E-state index in [1.54, 1.807) is 0 Å². The summed E-state index contributed by atoms with van der Waals surface area (Å²) < 4.78 is 13.1. The highest BCUT2D eigenvalue weighted by atomic mass is 16.3. The van der Waals surface area contributed by atoms with E-state index >= 15 is 0 Å². The van der Waals surface area contributed by atoms with Crippen molar-refractivity contribution in [3.63, 3.8) is 0 Å². The summed E-state index contributed by atoms with van der Waals surface area (Å²) in [6, 6.07) is 60.3. The van der Waals surface area contributed by atoms with Gasteiger partial charge in [0.15, 0.2) is 17.5 Å². The van der Waals surface area contributed by atoms with Crippen molar-refractivity contribution >= 4 is 54.6 Å². The van der Waals surface area contributed by atoms with Crippen LogP contribution in [0.25, 0.3) is 111 Å². The summed E-state index contributed by atoms with van der Waals surface area (Å²) >= 11 is 0. The Bertz CT molecular complexity index is 3220. The molecule has 54 heavy (non-hydrogen) atoms. The molecule has 0 radical (unpaired) electrons. The second-order valence-electron chi connectivity index (χ2n) is 13.6. The maximum Gasteiger partial charge on any atom is 0.164 e. The Hall–Kier alpha value is -7.37. The zero-order valence-corrected chi connectivity index (χ0v) is 28.9. The number of nitrogens with zero attached hydrogens (tertiary/aromatic N) is 3. The molecule has 0 fully saturated rings. The molecular weight excluding hydrogens is 663 g/mol. The SMILES string of the molecule is c1ccc(-c2cccc(-c3nc(-c4ccccc4)nc(-c4cc5oc6ccc(-c7cccc8c7oc7ccccc78)cc6c5c5ccccc45)n3)c2)cc1. The molecule has 0 atom stereocenters. The molecule has 0 aliphatic heterocycles. The Balaban J connectivity index is 1.11. The molecule has 0 aliphatic rings. The number of para-hydroxylation sites is 2. The first-order valence-corrected chi connectivity index (χ1v) is 18.0. The van der Waals surface area contributed by atoms with Gasteiger partial charge in [0.1, 0.15) is 22.3 Å². The molecule has 0 bridgehead atoms. The third-order valence-electron chi connectivity index (χ3n) is 10.3. The molecule has 11 rings (SSSR count). The zero-order chi connectivity index (χ0) is 35.6. The fraction of sp³-hybridized carbons (Fsp3) is 0. The van der Waals surface area contributed by atoms with Crippen LogP contribution in [0.2, 0.25) is 0 Å². The van der Waals surface area contributed by atoms with Gasteiger partial charge < -0.3 is 8.83 Å². The summed E-state index contributed by atoms with van der Waals surface area (Å²) in [5.74, 6) is 1.80. The van der Waals surface area contributed by atoms with Crippen molar-refractivity contribution in [3.05, 3.63) is 176 Å². The van der Waals surface area contributed by atoms with Crippen molar-refractivity contribution in [2.75, 3.05) is 0 Å². The topological polar surface area (TPSA) is 65.0 Å². The lowest BCUT2D eigenvalue weighted by Crippen LogP contribution is -2.00. The predicted molar refractivity (Wildman–Crippen MR) is 219 cm³/mol. The van der Waals surface area contributed by atoms with Gasteiger partial charge in [-0.2, -0.15) is 0 Å². The first-order chi connectivity index (χ1) is 26.7. The maximum atomic E-state index is 6.65. The minimum absolute atomic E-state index is 0.583. The van der Waals surface area contributed by atoms with E-state index in [0.717, 1.165) is 93.6 Å². The molecule has 11 aromatic rings. The largest absolute Gasteiger partial charge is 0.456 e. The summed E-state index contributed by atoms with van der Waals surface area (Å²) in [6.07, 6.45) is 0. The number of rotatable bonds is 5. The molecule has 252 valence electrons. The number of hydrogen-bond acceptors (Lipinski definition) is 5. The average Bonchev–Trinajstić information content (AvgIpc) is 3.82. The Kier molecular flexibility index (Phi) is 6.79. The Labute approximate surface area is 309 Å². The van der Waals surface area contributed by atoms with Gasteiger partial charge in [-0.3, -0.25) is 0 Å². The number of benzene rings is 8. The molecule has 0 unspecified atom stereocenters. The Morgan fingerprint density at radius 2 is 0.907 bits per heavy atom. The second kappa shape index (κ2) is 12.1. The van der Waals surface area contributed by atoms with Crippen molar-refractivity contribution in [3.8, 4) is 56.4 Å². The van der Waals surface area contributed by atoms with E-state index in [9.17, 15) is 0 Å². The fourth-order valence-electron chi connectivity index (χ4n) is 7.78. The summed E-state index contributed by atoms with van der Waals surface area (Å²) in [5, 5.41) is 6.41. The average molecular weight is 692 g/mol. The predicted octanol–water partition coefficient (Wildman–Crippen LogP) is 13.2. The summed E-state index contributed by atoms with van der Waals surface area (Å²) in [5.41, 5.74) is 10.4.